The van der Waals surface area contributed by atoms with Gasteiger partial charge in [-0.1, -0.05) is 27.7 Å². The van der Waals surface area contributed by atoms with E-state index < -0.39 is 6.03 Å². The van der Waals surface area contributed by atoms with Crippen molar-refractivity contribution in [3.05, 3.63) is 0 Å². The van der Waals surface area contributed by atoms with Gasteiger partial charge in [-0.05, 0) is 32.6 Å². The second-order valence-corrected chi connectivity index (χ2v) is 4.00. The van der Waals surface area contributed by atoms with Crippen molar-refractivity contribution in [2.24, 2.45) is 5.73 Å². The van der Waals surface area contributed by atoms with E-state index in [9.17, 15) is 4.79 Å². The smallest absolute Gasteiger partial charge is 0.312 e. The summed E-state index contributed by atoms with van der Waals surface area (Å²) in [6.07, 6.45) is 1.29. The maximum Gasteiger partial charge on any atom is 0.312 e. The Balaban J connectivity index is 4.42. The number of nitrogens with one attached hydrogen (secondary N) is 1. The molecule has 0 saturated carbocycles. The third kappa shape index (κ3) is 5.89. The minimum absolute atomic E-state index is 0.381. The molecule has 0 aromatic carbocycles. The van der Waals surface area contributed by atoms with Gasteiger partial charge in [0.15, 0.2) is 0 Å². The van der Waals surface area contributed by atoms with Crippen molar-refractivity contribution in [2.45, 2.75) is 40.3 Å². The fraction of sp³-hybridized carbons (Fsp3) is 0.917. The molecule has 0 aliphatic heterocycles. The third-order valence-corrected chi connectivity index (χ3v) is 3.17. The number of carbonyl (C=O) groups is 1. The van der Waals surface area contributed by atoms with Crippen molar-refractivity contribution >= 4 is 6.03 Å². The minimum Gasteiger partial charge on any atom is -0.352 e. The highest BCUT2D eigenvalue weighted by molar-refractivity contribution is 5.71. The fourth-order valence-electron chi connectivity index (χ4n) is 2.21. The van der Waals surface area contributed by atoms with E-state index in [2.05, 4.69) is 42.8 Å². The lowest BCUT2D eigenvalue weighted by atomic mass is 10.2. The minimum atomic E-state index is -0.442. The molecular formula is C12H28N4O. The molecule has 0 aliphatic rings. The lowest BCUT2D eigenvalue weighted by Crippen LogP contribution is -2.50. The maximum absolute atomic E-state index is 10.7. The van der Waals surface area contributed by atoms with Crippen molar-refractivity contribution in [1.29, 1.82) is 0 Å². The largest absolute Gasteiger partial charge is 0.352 e. The number of nitrogens with zero attached hydrogens (tertiary/aromatic N) is 2. The molecule has 2 amide bonds. The summed E-state index contributed by atoms with van der Waals surface area (Å²) >= 11 is 0. The molecule has 0 aromatic rings. The van der Waals surface area contributed by atoms with Crippen LogP contribution in [0.5, 0.6) is 0 Å². The van der Waals surface area contributed by atoms with Crippen molar-refractivity contribution in [2.75, 3.05) is 32.7 Å². The van der Waals surface area contributed by atoms with Crippen molar-refractivity contribution in [1.82, 2.24) is 15.1 Å². The average molecular weight is 244 g/mol. The second-order valence-electron chi connectivity index (χ2n) is 4.00. The Labute approximate surface area is 105 Å². The zero-order valence-corrected chi connectivity index (χ0v) is 11.7. The number of rotatable bonds is 9. The molecule has 0 atom stereocenters. The molecule has 0 aliphatic carbocycles. The highest BCUT2D eigenvalue weighted by Gasteiger charge is 2.20. The molecule has 5 heteroatoms. The molecule has 0 spiro atoms. The number of hydrogen-bond acceptors (Lipinski definition) is 3. The van der Waals surface area contributed by atoms with Gasteiger partial charge in [0.05, 0.1) is 6.17 Å². The highest BCUT2D eigenvalue weighted by atomic mass is 16.2. The zero-order valence-electron chi connectivity index (χ0n) is 11.7. The van der Waals surface area contributed by atoms with Crippen LogP contribution in [0.3, 0.4) is 0 Å². The van der Waals surface area contributed by atoms with Gasteiger partial charge in [0.25, 0.3) is 0 Å². The third-order valence-electron chi connectivity index (χ3n) is 3.17. The molecule has 0 saturated heterocycles. The summed E-state index contributed by atoms with van der Waals surface area (Å²) in [5, 5.41) is 2.67. The Morgan fingerprint density at radius 3 is 1.76 bits per heavy atom. The molecule has 0 fully saturated rings. The van der Waals surface area contributed by atoms with Crippen LogP contribution >= 0.6 is 0 Å². The predicted octanol–water partition coefficient (Wildman–Crippen LogP) is 1.05. The van der Waals surface area contributed by atoms with Crippen LogP contribution in [0.4, 0.5) is 4.79 Å². The Hall–Kier alpha value is -0.810. The second kappa shape index (κ2) is 9.24. The maximum atomic E-state index is 10.7. The molecule has 0 radical (unpaired) electrons. The van der Waals surface area contributed by atoms with Crippen LogP contribution in [0.2, 0.25) is 0 Å². The molecule has 0 unspecified atom stereocenters. The van der Waals surface area contributed by atoms with Crippen LogP contribution < -0.4 is 11.1 Å². The lowest BCUT2D eigenvalue weighted by Gasteiger charge is -2.38. The monoisotopic (exact) mass is 244 g/mol. The molecule has 0 aromatic heterocycles. The quantitative estimate of drug-likeness (QED) is 0.596. The van der Waals surface area contributed by atoms with Crippen LogP contribution in [-0.4, -0.2) is 54.7 Å². The summed E-state index contributed by atoms with van der Waals surface area (Å²) in [5.74, 6) is 0. The van der Waals surface area contributed by atoms with Gasteiger partial charge >= 0.3 is 6.03 Å². The van der Waals surface area contributed by atoms with E-state index in [1.165, 1.54) is 0 Å². The topological polar surface area (TPSA) is 61.6 Å². The van der Waals surface area contributed by atoms with Gasteiger partial charge in [-0.25, -0.2) is 4.79 Å². The standard InChI is InChI=1S/C12H28N4O/c1-5-15(6-2)11(16(7-3)8-4)9-10-14-12(13)17/h11H,5-10H2,1-4H3,(H3,13,14,17). The Kier molecular flexibility index (Phi) is 8.80. The summed E-state index contributed by atoms with van der Waals surface area (Å²) in [7, 11) is 0. The number of nitrogens with two attached hydrogens (primary N) is 1. The molecule has 5 nitrogen and oxygen atoms in total. The van der Waals surface area contributed by atoms with Gasteiger partial charge in [-0.3, -0.25) is 9.80 Å². The van der Waals surface area contributed by atoms with Crippen LogP contribution in [-0.2, 0) is 0 Å². The lowest BCUT2D eigenvalue weighted by molar-refractivity contribution is 0.0509. The first-order valence-corrected chi connectivity index (χ1v) is 6.61. The first-order chi connectivity index (χ1) is 8.10. The normalized spacial score (nSPS) is 11.5. The molecule has 17 heavy (non-hydrogen) atoms. The number of amides is 2. The van der Waals surface area contributed by atoms with Gasteiger partial charge in [0.2, 0.25) is 0 Å². The SMILES string of the molecule is CCN(CC)C(CCNC(N)=O)N(CC)CC. The summed E-state index contributed by atoms with van der Waals surface area (Å²) in [5.41, 5.74) is 5.08. The van der Waals surface area contributed by atoms with Gasteiger partial charge in [0, 0.05) is 6.54 Å². The first kappa shape index (κ1) is 16.2. The van der Waals surface area contributed by atoms with E-state index in [4.69, 9.17) is 5.73 Å². The Morgan fingerprint density at radius 2 is 1.47 bits per heavy atom. The number of hydrogen-bond donors (Lipinski definition) is 2. The van der Waals surface area contributed by atoms with E-state index in [-0.39, 0.29) is 0 Å². The summed E-state index contributed by atoms with van der Waals surface area (Å²) < 4.78 is 0. The van der Waals surface area contributed by atoms with Crippen LogP contribution in [0.15, 0.2) is 0 Å². The van der Waals surface area contributed by atoms with Crippen LogP contribution in [0.25, 0.3) is 0 Å². The molecule has 0 heterocycles. The molecule has 0 bridgehead atoms. The van der Waals surface area contributed by atoms with Gasteiger partial charge in [0.1, 0.15) is 0 Å². The zero-order chi connectivity index (χ0) is 13.3. The van der Waals surface area contributed by atoms with Gasteiger partial charge < -0.3 is 11.1 Å². The van der Waals surface area contributed by atoms with Crippen LogP contribution in [0.1, 0.15) is 34.1 Å². The van der Waals surface area contributed by atoms with Crippen LogP contribution in [0, 0.1) is 0 Å². The Bertz CT molecular complexity index is 191. The van der Waals surface area contributed by atoms with E-state index in [1.54, 1.807) is 0 Å². The average Bonchev–Trinajstić information content (AvgIpc) is 2.31. The molecule has 102 valence electrons. The van der Waals surface area contributed by atoms with E-state index >= 15 is 0 Å². The van der Waals surface area contributed by atoms with Gasteiger partial charge in [-0.15, -0.1) is 0 Å². The molecule has 0 rings (SSSR count). The summed E-state index contributed by atoms with van der Waals surface area (Å²) in [6.45, 7) is 13.4. The Morgan fingerprint density at radius 1 is 1.06 bits per heavy atom. The number of urea groups is 1. The van der Waals surface area contributed by atoms with E-state index in [0.717, 1.165) is 32.6 Å². The predicted molar refractivity (Wildman–Crippen MR) is 71.8 cm³/mol. The fourth-order valence-corrected chi connectivity index (χ4v) is 2.21. The van der Waals surface area contributed by atoms with E-state index in [1.807, 2.05) is 0 Å². The number of primary amides is 1. The van der Waals surface area contributed by atoms with Crippen molar-refractivity contribution in [3.63, 3.8) is 0 Å². The highest BCUT2D eigenvalue weighted by Crippen LogP contribution is 2.09. The molecule has 3 N–H and O–H groups in total. The van der Waals surface area contributed by atoms with Gasteiger partial charge in [-0.2, -0.15) is 0 Å². The summed E-state index contributed by atoms with van der Waals surface area (Å²) in [4.78, 5) is 15.5. The molecular weight excluding hydrogens is 216 g/mol. The first-order valence-electron chi connectivity index (χ1n) is 6.61. The summed E-state index contributed by atoms with van der Waals surface area (Å²) in [6, 6.07) is -0.442. The van der Waals surface area contributed by atoms with Crippen molar-refractivity contribution in [3.8, 4) is 0 Å². The van der Waals surface area contributed by atoms with Crippen molar-refractivity contribution < 1.29 is 4.79 Å². The number of carbonyl (C=O) groups excluding carboxylic acids is 1. The van der Waals surface area contributed by atoms with E-state index in [0.29, 0.717) is 12.7 Å².